The highest BCUT2D eigenvalue weighted by atomic mass is 32.2. The second-order valence-corrected chi connectivity index (χ2v) is 10.5. The molecule has 1 amide bonds. The molecule has 1 fully saturated rings. The standard InChI is InChI=1S/C17H20F2N4O5S2/c1-21-11-15(20-12-21)30(27,28)23-8-4-7-22(9-10-23)16(24)13-5-2-3-6-14(13)29(25,26)17(18)19/h2-3,5-6,11-12,17H,4,7-10H2,1H3. The van der Waals surface area contributed by atoms with Crippen molar-refractivity contribution in [2.75, 3.05) is 26.2 Å². The highest BCUT2D eigenvalue weighted by molar-refractivity contribution is 7.91. The van der Waals surface area contributed by atoms with Crippen LogP contribution >= 0.6 is 0 Å². The Hall–Kier alpha value is -2.38. The molecule has 9 nitrogen and oxygen atoms in total. The van der Waals surface area contributed by atoms with Gasteiger partial charge in [0.25, 0.3) is 15.9 Å². The van der Waals surface area contributed by atoms with Gasteiger partial charge in [0.15, 0.2) is 5.03 Å². The topological polar surface area (TPSA) is 110 Å². The fraction of sp³-hybridized carbons (Fsp3) is 0.412. The molecule has 30 heavy (non-hydrogen) atoms. The fourth-order valence-electron chi connectivity index (χ4n) is 3.15. The first-order chi connectivity index (χ1) is 14.0. The van der Waals surface area contributed by atoms with Crippen molar-refractivity contribution in [3.63, 3.8) is 0 Å². The van der Waals surface area contributed by atoms with Crippen LogP contribution in [0.4, 0.5) is 8.78 Å². The summed E-state index contributed by atoms with van der Waals surface area (Å²) in [5.41, 5.74) is -0.362. The molecule has 13 heteroatoms. The van der Waals surface area contributed by atoms with Crippen LogP contribution in [0.25, 0.3) is 0 Å². The predicted molar refractivity (Wildman–Crippen MR) is 102 cm³/mol. The molecule has 1 aliphatic rings. The second kappa shape index (κ2) is 8.40. The van der Waals surface area contributed by atoms with Gasteiger partial charge in [-0.25, -0.2) is 21.8 Å². The SMILES string of the molecule is Cn1cnc(S(=O)(=O)N2CCCN(C(=O)c3ccccc3S(=O)(=O)C(F)F)CC2)c1. The first kappa shape index (κ1) is 22.3. The summed E-state index contributed by atoms with van der Waals surface area (Å²) in [6.07, 6.45) is 3.02. The summed E-state index contributed by atoms with van der Waals surface area (Å²) in [6, 6.07) is 4.78. The van der Waals surface area contributed by atoms with E-state index in [-0.39, 0.29) is 36.8 Å². The van der Waals surface area contributed by atoms with Gasteiger partial charge in [-0.05, 0) is 18.6 Å². The molecular weight excluding hydrogens is 442 g/mol. The number of rotatable bonds is 5. The Morgan fingerprint density at radius 2 is 1.77 bits per heavy atom. The summed E-state index contributed by atoms with van der Waals surface area (Å²) in [5.74, 6) is -4.40. The Bertz CT molecular complexity index is 1150. The summed E-state index contributed by atoms with van der Waals surface area (Å²) in [4.78, 5) is 17.3. The highest BCUT2D eigenvalue weighted by Gasteiger charge is 2.34. The third-order valence-electron chi connectivity index (χ3n) is 4.69. The maximum atomic E-state index is 13.0. The minimum absolute atomic E-state index is 0.0199. The molecule has 0 spiro atoms. The quantitative estimate of drug-likeness (QED) is 0.655. The normalized spacial score (nSPS) is 16.6. The molecule has 1 aromatic carbocycles. The Balaban J connectivity index is 1.82. The van der Waals surface area contributed by atoms with Crippen LogP contribution in [-0.4, -0.2) is 73.4 Å². The summed E-state index contributed by atoms with van der Waals surface area (Å²) < 4.78 is 78.1. The number of hydrogen-bond acceptors (Lipinski definition) is 6. The number of carbonyl (C=O) groups excluding carboxylic acids is 1. The van der Waals surface area contributed by atoms with Gasteiger partial charge in [-0.15, -0.1) is 0 Å². The molecule has 164 valence electrons. The Morgan fingerprint density at radius 1 is 1.07 bits per heavy atom. The Kier molecular flexibility index (Phi) is 6.24. The van der Waals surface area contributed by atoms with E-state index in [0.717, 1.165) is 6.07 Å². The average Bonchev–Trinajstić information content (AvgIpc) is 2.99. The number of hydrogen-bond donors (Lipinski definition) is 0. The maximum Gasteiger partial charge on any atom is 0.341 e. The van der Waals surface area contributed by atoms with Gasteiger partial charge >= 0.3 is 5.76 Å². The highest BCUT2D eigenvalue weighted by Crippen LogP contribution is 2.24. The second-order valence-electron chi connectivity index (χ2n) is 6.73. The molecule has 0 bridgehead atoms. The lowest BCUT2D eigenvalue weighted by atomic mass is 10.2. The molecule has 0 radical (unpaired) electrons. The van der Waals surface area contributed by atoms with E-state index in [0.29, 0.717) is 6.42 Å². The number of imidazole rings is 1. The molecule has 2 aromatic rings. The largest absolute Gasteiger partial charge is 0.341 e. The molecule has 0 unspecified atom stereocenters. The summed E-state index contributed by atoms with van der Waals surface area (Å²) in [6.45, 7) is 0.234. The van der Waals surface area contributed by atoms with Crippen molar-refractivity contribution in [3.05, 3.63) is 42.4 Å². The van der Waals surface area contributed by atoms with E-state index in [1.807, 2.05) is 0 Å². The number of nitrogens with zero attached hydrogens (tertiary/aromatic N) is 4. The molecule has 0 saturated carbocycles. The van der Waals surface area contributed by atoms with Gasteiger partial charge in [0.1, 0.15) is 0 Å². The molecule has 3 rings (SSSR count). The number of carbonyl (C=O) groups is 1. The van der Waals surface area contributed by atoms with Gasteiger partial charge in [-0.3, -0.25) is 4.79 Å². The average molecular weight is 463 g/mol. The zero-order chi connectivity index (χ0) is 22.1. The van der Waals surface area contributed by atoms with Crippen LogP contribution in [0.1, 0.15) is 16.8 Å². The van der Waals surface area contributed by atoms with Crippen LogP contribution in [0.2, 0.25) is 0 Å². The summed E-state index contributed by atoms with van der Waals surface area (Å²) in [7, 11) is -7.18. The van der Waals surface area contributed by atoms with E-state index in [1.165, 1.54) is 44.5 Å². The number of amides is 1. The molecule has 0 atom stereocenters. The van der Waals surface area contributed by atoms with E-state index in [9.17, 15) is 30.4 Å². The van der Waals surface area contributed by atoms with E-state index in [4.69, 9.17) is 0 Å². The Labute approximate surface area is 172 Å². The third-order valence-corrected chi connectivity index (χ3v) is 7.91. The molecular formula is C17H20F2N4O5S2. The maximum absolute atomic E-state index is 13.0. The summed E-state index contributed by atoms with van der Waals surface area (Å²) >= 11 is 0. The van der Waals surface area contributed by atoms with Crippen molar-refractivity contribution >= 4 is 25.8 Å². The number of alkyl halides is 2. The molecule has 0 N–H and O–H groups in total. The van der Waals surface area contributed by atoms with E-state index >= 15 is 0 Å². The molecule has 1 aliphatic heterocycles. The van der Waals surface area contributed by atoms with Crippen molar-refractivity contribution in [2.45, 2.75) is 22.1 Å². The molecule has 2 heterocycles. The van der Waals surface area contributed by atoms with Crippen LogP contribution < -0.4 is 0 Å². The zero-order valence-corrected chi connectivity index (χ0v) is 17.6. The summed E-state index contributed by atoms with van der Waals surface area (Å²) in [5, 5.41) is -0.113. The molecule has 1 saturated heterocycles. The number of sulfonamides is 1. The number of aromatic nitrogens is 2. The van der Waals surface area contributed by atoms with Crippen molar-refractivity contribution in [2.24, 2.45) is 7.05 Å². The smallest absolute Gasteiger partial charge is 0.339 e. The zero-order valence-electron chi connectivity index (χ0n) is 16.0. The lowest BCUT2D eigenvalue weighted by molar-refractivity contribution is 0.0760. The third kappa shape index (κ3) is 4.23. The monoisotopic (exact) mass is 462 g/mol. The van der Waals surface area contributed by atoms with Gasteiger partial charge in [-0.2, -0.15) is 13.1 Å². The van der Waals surface area contributed by atoms with Crippen LogP contribution in [0.15, 0.2) is 46.7 Å². The van der Waals surface area contributed by atoms with Gasteiger partial charge < -0.3 is 9.47 Å². The fourth-order valence-corrected chi connectivity index (χ4v) is 5.51. The van der Waals surface area contributed by atoms with Crippen molar-refractivity contribution < 1.29 is 30.4 Å². The minimum Gasteiger partial charge on any atom is -0.339 e. The van der Waals surface area contributed by atoms with Crippen LogP contribution in [0.3, 0.4) is 0 Å². The van der Waals surface area contributed by atoms with E-state index in [1.54, 1.807) is 7.05 Å². The van der Waals surface area contributed by atoms with Gasteiger partial charge in [-0.1, -0.05) is 12.1 Å². The number of aryl methyl sites for hydroxylation is 1. The van der Waals surface area contributed by atoms with E-state index < -0.39 is 36.4 Å². The van der Waals surface area contributed by atoms with Gasteiger partial charge in [0.05, 0.1) is 16.8 Å². The number of sulfone groups is 1. The predicted octanol–water partition coefficient (Wildman–Crippen LogP) is 0.953. The molecule has 1 aromatic heterocycles. The lowest BCUT2D eigenvalue weighted by Crippen LogP contribution is -2.38. The first-order valence-electron chi connectivity index (χ1n) is 8.93. The number of halogens is 2. The van der Waals surface area contributed by atoms with Crippen LogP contribution in [0, 0.1) is 0 Å². The number of benzene rings is 1. The van der Waals surface area contributed by atoms with Crippen LogP contribution in [0.5, 0.6) is 0 Å². The minimum atomic E-state index is -4.97. The van der Waals surface area contributed by atoms with Crippen molar-refractivity contribution in [1.29, 1.82) is 0 Å². The lowest BCUT2D eigenvalue weighted by Gasteiger charge is -2.22. The van der Waals surface area contributed by atoms with Crippen molar-refractivity contribution in [3.8, 4) is 0 Å². The van der Waals surface area contributed by atoms with E-state index in [2.05, 4.69) is 4.98 Å². The van der Waals surface area contributed by atoms with Gasteiger partial charge in [0, 0.05) is 39.4 Å². The van der Waals surface area contributed by atoms with Crippen molar-refractivity contribution in [1.82, 2.24) is 18.8 Å². The first-order valence-corrected chi connectivity index (χ1v) is 11.9. The molecule has 0 aliphatic carbocycles. The van der Waals surface area contributed by atoms with Gasteiger partial charge in [0.2, 0.25) is 9.84 Å². The Morgan fingerprint density at radius 3 is 2.40 bits per heavy atom. The van der Waals surface area contributed by atoms with Crippen LogP contribution in [-0.2, 0) is 26.9 Å².